The summed E-state index contributed by atoms with van der Waals surface area (Å²) in [4.78, 5) is 20.2. The van der Waals surface area contributed by atoms with Crippen LogP contribution in [0.3, 0.4) is 0 Å². The van der Waals surface area contributed by atoms with Crippen LogP contribution in [0.2, 0.25) is 0 Å². The third-order valence-electron chi connectivity index (χ3n) is 2.78. The molecule has 1 fully saturated rings. The Morgan fingerprint density at radius 2 is 2.17 bits per heavy atom. The molecule has 0 unspecified atom stereocenters. The minimum atomic E-state index is -0.132. The predicted octanol–water partition coefficient (Wildman–Crippen LogP) is 1.22. The third-order valence-corrected chi connectivity index (χ3v) is 3.61. The van der Waals surface area contributed by atoms with Crippen LogP contribution in [0, 0.1) is 0 Å². The summed E-state index contributed by atoms with van der Waals surface area (Å²) < 4.78 is 5.15. The Kier molecular flexibility index (Phi) is 4.54. The Morgan fingerprint density at radius 1 is 1.44 bits per heavy atom. The molecule has 0 radical (unpaired) electrons. The number of hydrogen-bond acceptors (Lipinski definition) is 6. The van der Waals surface area contributed by atoms with Gasteiger partial charge in [0, 0.05) is 37.8 Å². The summed E-state index contributed by atoms with van der Waals surface area (Å²) >= 11 is 1.66. The van der Waals surface area contributed by atoms with Crippen molar-refractivity contribution in [3.05, 3.63) is 11.6 Å². The van der Waals surface area contributed by atoms with E-state index in [1.54, 1.807) is 11.3 Å². The molecular weight excluding hydrogens is 250 g/mol. The first kappa shape index (κ1) is 13.3. The zero-order valence-corrected chi connectivity index (χ0v) is 11.7. The maximum absolute atomic E-state index is 11.5. The van der Waals surface area contributed by atoms with Crippen molar-refractivity contribution in [3.8, 4) is 0 Å². The minimum Gasteiger partial charge on any atom is -0.462 e. The second kappa shape index (κ2) is 6.15. The highest BCUT2D eigenvalue weighted by Gasteiger charge is 2.21. The summed E-state index contributed by atoms with van der Waals surface area (Å²) in [6.07, 6.45) is 1.79. The number of anilines is 1. The van der Waals surface area contributed by atoms with Crippen molar-refractivity contribution in [2.45, 2.75) is 20.0 Å². The highest BCUT2D eigenvalue weighted by molar-refractivity contribution is 7.13. The molecule has 1 aromatic heterocycles. The van der Waals surface area contributed by atoms with E-state index < -0.39 is 0 Å². The molecule has 5 nitrogen and oxygen atoms in total. The van der Waals surface area contributed by atoms with Gasteiger partial charge in [0.05, 0.1) is 12.6 Å². The summed E-state index contributed by atoms with van der Waals surface area (Å²) in [6.45, 7) is 7.74. The molecule has 0 aliphatic carbocycles. The van der Waals surface area contributed by atoms with E-state index >= 15 is 0 Å². The number of nitrogens with zero attached hydrogens (tertiary/aromatic N) is 3. The molecule has 1 aliphatic heterocycles. The van der Waals surface area contributed by atoms with Gasteiger partial charge in [0.1, 0.15) is 0 Å². The highest BCUT2D eigenvalue weighted by Crippen LogP contribution is 2.18. The third kappa shape index (κ3) is 3.68. The number of esters is 1. The van der Waals surface area contributed by atoms with Crippen molar-refractivity contribution in [2.24, 2.45) is 0 Å². The Balaban J connectivity index is 1.75. The Bertz CT molecular complexity index is 373. The van der Waals surface area contributed by atoms with Gasteiger partial charge in [0.15, 0.2) is 5.13 Å². The van der Waals surface area contributed by atoms with E-state index in [0.29, 0.717) is 6.54 Å². The molecule has 100 valence electrons. The number of thiazole rings is 1. The first-order chi connectivity index (χ1) is 8.65. The summed E-state index contributed by atoms with van der Waals surface area (Å²) in [5.74, 6) is -0.132. The maximum Gasteiger partial charge on any atom is 0.320 e. The van der Waals surface area contributed by atoms with Gasteiger partial charge in [-0.05, 0) is 13.8 Å². The molecule has 2 rings (SSSR count). The van der Waals surface area contributed by atoms with E-state index in [2.05, 4.69) is 14.8 Å². The summed E-state index contributed by atoms with van der Waals surface area (Å²) in [7, 11) is 0. The first-order valence-corrected chi connectivity index (χ1v) is 7.09. The summed E-state index contributed by atoms with van der Waals surface area (Å²) in [5.41, 5.74) is 0. The monoisotopic (exact) mass is 269 g/mol. The van der Waals surface area contributed by atoms with Crippen LogP contribution in [0.1, 0.15) is 13.8 Å². The van der Waals surface area contributed by atoms with Crippen LogP contribution in [0.5, 0.6) is 0 Å². The van der Waals surface area contributed by atoms with Crippen LogP contribution in [0.15, 0.2) is 11.6 Å². The molecule has 0 aromatic carbocycles. The molecule has 0 amide bonds. The lowest BCUT2D eigenvalue weighted by molar-refractivity contribution is -0.148. The van der Waals surface area contributed by atoms with E-state index in [-0.39, 0.29) is 12.1 Å². The fourth-order valence-corrected chi connectivity index (χ4v) is 2.65. The van der Waals surface area contributed by atoms with Crippen molar-refractivity contribution in [2.75, 3.05) is 37.6 Å². The van der Waals surface area contributed by atoms with Crippen LogP contribution in [-0.4, -0.2) is 54.7 Å². The molecule has 1 aromatic rings. The standard InChI is InChI=1S/C12H19N3O2S/c1-10(2)17-11(16)9-14-4-6-15(7-5-14)12-13-3-8-18-12/h3,8,10H,4-7,9H2,1-2H3. The lowest BCUT2D eigenvalue weighted by atomic mass is 10.3. The van der Waals surface area contributed by atoms with Crippen molar-refractivity contribution < 1.29 is 9.53 Å². The number of aromatic nitrogens is 1. The topological polar surface area (TPSA) is 45.7 Å². The second-order valence-corrected chi connectivity index (χ2v) is 5.49. The van der Waals surface area contributed by atoms with Gasteiger partial charge in [0.25, 0.3) is 0 Å². The Morgan fingerprint density at radius 3 is 2.72 bits per heavy atom. The van der Waals surface area contributed by atoms with Gasteiger partial charge in [-0.25, -0.2) is 4.98 Å². The van der Waals surface area contributed by atoms with Gasteiger partial charge in [0.2, 0.25) is 0 Å². The van der Waals surface area contributed by atoms with Crippen LogP contribution in [-0.2, 0) is 9.53 Å². The van der Waals surface area contributed by atoms with E-state index in [1.807, 2.05) is 25.4 Å². The molecule has 6 heteroatoms. The van der Waals surface area contributed by atoms with E-state index in [9.17, 15) is 4.79 Å². The van der Waals surface area contributed by atoms with Crippen molar-refractivity contribution in [1.29, 1.82) is 0 Å². The summed E-state index contributed by atoms with van der Waals surface area (Å²) in [6, 6.07) is 0. The Hall–Kier alpha value is -1.14. The van der Waals surface area contributed by atoms with Crippen LogP contribution in [0.25, 0.3) is 0 Å². The second-order valence-electron chi connectivity index (χ2n) is 4.62. The zero-order valence-electron chi connectivity index (χ0n) is 10.8. The first-order valence-electron chi connectivity index (χ1n) is 6.21. The molecule has 18 heavy (non-hydrogen) atoms. The van der Waals surface area contributed by atoms with Crippen LogP contribution in [0.4, 0.5) is 5.13 Å². The number of rotatable bonds is 4. The molecule has 0 saturated carbocycles. The number of piperazine rings is 1. The number of hydrogen-bond donors (Lipinski definition) is 0. The minimum absolute atomic E-state index is 0.0332. The van der Waals surface area contributed by atoms with E-state index in [0.717, 1.165) is 31.3 Å². The largest absolute Gasteiger partial charge is 0.462 e. The van der Waals surface area contributed by atoms with Crippen molar-refractivity contribution in [1.82, 2.24) is 9.88 Å². The normalized spacial score (nSPS) is 17.2. The van der Waals surface area contributed by atoms with Crippen molar-refractivity contribution in [3.63, 3.8) is 0 Å². The lowest BCUT2D eigenvalue weighted by Gasteiger charge is -2.33. The van der Waals surface area contributed by atoms with Gasteiger partial charge < -0.3 is 9.64 Å². The van der Waals surface area contributed by atoms with Gasteiger partial charge in [-0.1, -0.05) is 0 Å². The molecule has 0 atom stereocenters. The van der Waals surface area contributed by atoms with Gasteiger partial charge in [-0.2, -0.15) is 0 Å². The summed E-state index contributed by atoms with van der Waals surface area (Å²) in [5, 5.41) is 3.06. The van der Waals surface area contributed by atoms with Gasteiger partial charge >= 0.3 is 5.97 Å². The fraction of sp³-hybridized carbons (Fsp3) is 0.667. The van der Waals surface area contributed by atoms with E-state index in [4.69, 9.17) is 4.74 Å². The van der Waals surface area contributed by atoms with E-state index in [1.165, 1.54) is 0 Å². The number of carbonyl (C=O) groups excluding carboxylic acids is 1. The van der Waals surface area contributed by atoms with Crippen LogP contribution < -0.4 is 4.90 Å². The molecule has 1 saturated heterocycles. The molecule has 2 heterocycles. The fourth-order valence-electron chi connectivity index (χ4n) is 1.95. The number of ether oxygens (including phenoxy) is 1. The smallest absolute Gasteiger partial charge is 0.320 e. The van der Waals surface area contributed by atoms with Gasteiger partial charge in [-0.3, -0.25) is 9.69 Å². The maximum atomic E-state index is 11.5. The zero-order chi connectivity index (χ0) is 13.0. The highest BCUT2D eigenvalue weighted by atomic mass is 32.1. The van der Waals surface area contributed by atoms with Crippen molar-refractivity contribution >= 4 is 22.4 Å². The molecule has 0 spiro atoms. The Labute approximate surface area is 111 Å². The number of carbonyl (C=O) groups is 1. The lowest BCUT2D eigenvalue weighted by Crippen LogP contribution is -2.48. The molecular formula is C12H19N3O2S. The van der Waals surface area contributed by atoms with Gasteiger partial charge in [-0.15, -0.1) is 11.3 Å². The average Bonchev–Trinajstić information content (AvgIpc) is 2.82. The molecule has 1 aliphatic rings. The predicted molar refractivity (Wildman–Crippen MR) is 72.0 cm³/mol. The average molecular weight is 269 g/mol. The quantitative estimate of drug-likeness (QED) is 0.769. The molecule has 0 bridgehead atoms. The SMILES string of the molecule is CC(C)OC(=O)CN1CCN(c2nccs2)CC1. The van der Waals surface area contributed by atoms with Crippen LogP contribution >= 0.6 is 11.3 Å². The molecule has 0 N–H and O–H groups in total.